The van der Waals surface area contributed by atoms with E-state index in [-0.39, 0.29) is 0 Å². The molecule has 0 spiro atoms. The van der Waals surface area contributed by atoms with Crippen molar-refractivity contribution in [2.75, 3.05) is 18.5 Å². The third-order valence-electron chi connectivity index (χ3n) is 4.76. The van der Waals surface area contributed by atoms with Gasteiger partial charge >= 0.3 is 0 Å². The molecule has 0 fully saturated rings. The monoisotopic (exact) mass is 330 g/mol. The Bertz CT molecular complexity index is 800. The summed E-state index contributed by atoms with van der Waals surface area (Å²) in [6, 6.07) is 18.8. The van der Waals surface area contributed by atoms with Gasteiger partial charge in [0.15, 0.2) is 0 Å². The van der Waals surface area contributed by atoms with Crippen molar-refractivity contribution < 1.29 is 0 Å². The molecule has 0 heterocycles. The lowest BCUT2D eigenvalue weighted by Gasteiger charge is -2.23. The first-order chi connectivity index (χ1) is 12.2. The summed E-state index contributed by atoms with van der Waals surface area (Å²) in [4.78, 5) is 2.25. The van der Waals surface area contributed by atoms with Gasteiger partial charge in [0.2, 0.25) is 0 Å². The van der Waals surface area contributed by atoms with Crippen LogP contribution in [0.2, 0.25) is 0 Å². The smallest absolute Gasteiger partial charge is 0.0665 e. The number of anilines is 1. The third kappa shape index (κ3) is 3.90. The van der Waals surface area contributed by atoms with Crippen LogP contribution in [0, 0.1) is 5.41 Å². The summed E-state index contributed by atoms with van der Waals surface area (Å²) in [5, 5.41) is 8.74. The van der Waals surface area contributed by atoms with Crippen LogP contribution in [-0.4, -0.2) is 19.3 Å². The molecular weight excluding hydrogens is 304 g/mol. The minimum Gasteiger partial charge on any atom is -0.374 e. The lowest BCUT2D eigenvalue weighted by Crippen LogP contribution is -2.21. The Kier molecular flexibility index (Phi) is 5.49. The molecule has 0 saturated carbocycles. The molecule has 128 valence electrons. The van der Waals surface area contributed by atoms with Crippen molar-refractivity contribution in [1.29, 1.82) is 5.41 Å². The van der Waals surface area contributed by atoms with Crippen LogP contribution in [0.15, 0.2) is 72.3 Å². The fraction of sp³-hybridized carbons (Fsp3) is 0.261. The maximum atomic E-state index is 8.74. The Morgan fingerprint density at radius 1 is 0.960 bits per heavy atom. The Hall–Kier alpha value is -2.61. The zero-order valence-electron chi connectivity index (χ0n) is 15.1. The normalized spacial score (nSPS) is 13.8. The first-order valence-corrected chi connectivity index (χ1v) is 9.05. The third-order valence-corrected chi connectivity index (χ3v) is 4.76. The average Bonchev–Trinajstić information content (AvgIpc) is 2.68. The van der Waals surface area contributed by atoms with Crippen molar-refractivity contribution in [3.05, 3.63) is 83.4 Å². The second-order valence-corrected chi connectivity index (χ2v) is 6.56. The summed E-state index contributed by atoms with van der Waals surface area (Å²) in [6.45, 7) is 3.19. The molecule has 2 heteroatoms. The van der Waals surface area contributed by atoms with Gasteiger partial charge in [-0.3, -0.25) is 5.41 Å². The van der Waals surface area contributed by atoms with Crippen molar-refractivity contribution in [3.63, 3.8) is 0 Å². The highest BCUT2D eigenvalue weighted by Gasteiger charge is 2.16. The van der Waals surface area contributed by atoms with E-state index in [2.05, 4.69) is 73.5 Å². The molecule has 1 aliphatic rings. The van der Waals surface area contributed by atoms with Crippen LogP contribution in [0.1, 0.15) is 37.3 Å². The maximum Gasteiger partial charge on any atom is 0.0665 e. The predicted molar refractivity (Wildman–Crippen MR) is 109 cm³/mol. The Labute approximate surface area is 151 Å². The van der Waals surface area contributed by atoms with E-state index >= 15 is 0 Å². The number of hydrogen-bond acceptors (Lipinski definition) is 2. The van der Waals surface area contributed by atoms with Gasteiger partial charge < -0.3 is 4.90 Å². The van der Waals surface area contributed by atoms with Gasteiger partial charge in [-0.25, -0.2) is 0 Å². The van der Waals surface area contributed by atoms with Gasteiger partial charge in [0, 0.05) is 24.8 Å². The molecule has 1 aliphatic carbocycles. The van der Waals surface area contributed by atoms with Crippen LogP contribution < -0.4 is 4.90 Å². The van der Waals surface area contributed by atoms with Gasteiger partial charge in [0.05, 0.1) is 5.71 Å². The van der Waals surface area contributed by atoms with Gasteiger partial charge in [-0.05, 0) is 42.0 Å². The SMILES string of the molecule is CCCN(C)c1ccccc1C(=N)C1=CC=C(c2ccccc2)CC1. The molecule has 2 aromatic carbocycles. The lowest BCUT2D eigenvalue weighted by atomic mass is 9.89. The van der Waals surface area contributed by atoms with Gasteiger partial charge in [-0.15, -0.1) is 0 Å². The molecule has 0 atom stereocenters. The minimum atomic E-state index is 0.655. The van der Waals surface area contributed by atoms with Gasteiger partial charge in [0.25, 0.3) is 0 Å². The van der Waals surface area contributed by atoms with Crippen molar-refractivity contribution >= 4 is 17.0 Å². The van der Waals surface area contributed by atoms with Crippen LogP contribution in [-0.2, 0) is 0 Å². The molecule has 3 rings (SSSR count). The average molecular weight is 330 g/mol. The summed E-state index contributed by atoms with van der Waals surface area (Å²) in [5.74, 6) is 0. The molecule has 25 heavy (non-hydrogen) atoms. The number of hydrogen-bond donors (Lipinski definition) is 1. The molecule has 0 radical (unpaired) electrons. The molecule has 1 N–H and O–H groups in total. The summed E-state index contributed by atoms with van der Waals surface area (Å²) in [7, 11) is 2.11. The quantitative estimate of drug-likeness (QED) is 0.675. The Morgan fingerprint density at radius 3 is 2.36 bits per heavy atom. The van der Waals surface area contributed by atoms with Crippen LogP contribution in [0.4, 0.5) is 5.69 Å². The number of allylic oxidation sites excluding steroid dienone is 4. The van der Waals surface area contributed by atoms with Gasteiger partial charge in [-0.2, -0.15) is 0 Å². The highest BCUT2D eigenvalue weighted by molar-refractivity contribution is 6.14. The lowest BCUT2D eigenvalue weighted by molar-refractivity contribution is 0.851. The highest BCUT2D eigenvalue weighted by Crippen LogP contribution is 2.30. The Balaban J connectivity index is 1.85. The number of rotatable bonds is 6. The van der Waals surface area contributed by atoms with Crippen molar-refractivity contribution in [2.24, 2.45) is 0 Å². The summed E-state index contributed by atoms with van der Waals surface area (Å²) in [5.41, 5.74) is 6.59. The van der Waals surface area contributed by atoms with Gasteiger partial charge in [0.1, 0.15) is 0 Å². The van der Waals surface area contributed by atoms with E-state index in [9.17, 15) is 0 Å². The first kappa shape index (κ1) is 17.2. The predicted octanol–water partition coefficient (Wildman–Crippen LogP) is 5.70. The topological polar surface area (TPSA) is 27.1 Å². The van der Waals surface area contributed by atoms with Gasteiger partial charge in [-0.1, -0.05) is 67.6 Å². The van der Waals surface area contributed by atoms with Crippen molar-refractivity contribution in [3.8, 4) is 0 Å². The van der Waals surface area contributed by atoms with E-state index in [1.807, 2.05) is 12.1 Å². The standard InChI is InChI=1S/C23H26N2/c1-3-17-25(2)22-12-8-7-11-21(22)23(24)20-15-13-19(14-16-20)18-9-5-4-6-10-18/h4-13,15,24H,3,14,16-17H2,1-2H3. The molecule has 0 amide bonds. The van der Waals surface area contributed by atoms with Crippen molar-refractivity contribution in [1.82, 2.24) is 0 Å². The van der Waals surface area contributed by atoms with E-state index in [0.29, 0.717) is 5.71 Å². The minimum absolute atomic E-state index is 0.655. The van der Waals surface area contributed by atoms with Crippen LogP contribution in [0.3, 0.4) is 0 Å². The number of nitrogens with one attached hydrogen (secondary N) is 1. The fourth-order valence-electron chi connectivity index (χ4n) is 3.39. The van der Waals surface area contributed by atoms with E-state index in [0.717, 1.165) is 42.6 Å². The molecule has 0 saturated heterocycles. The molecule has 0 aromatic heterocycles. The number of para-hydroxylation sites is 1. The fourth-order valence-corrected chi connectivity index (χ4v) is 3.39. The van der Waals surface area contributed by atoms with E-state index in [1.54, 1.807) is 0 Å². The molecular formula is C23H26N2. The Morgan fingerprint density at radius 2 is 1.68 bits per heavy atom. The largest absolute Gasteiger partial charge is 0.374 e. The summed E-state index contributed by atoms with van der Waals surface area (Å²) >= 11 is 0. The zero-order valence-corrected chi connectivity index (χ0v) is 15.1. The maximum absolute atomic E-state index is 8.74. The van der Waals surface area contributed by atoms with E-state index < -0.39 is 0 Å². The highest BCUT2D eigenvalue weighted by atomic mass is 15.1. The summed E-state index contributed by atoms with van der Waals surface area (Å²) < 4.78 is 0. The summed E-state index contributed by atoms with van der Waals surface area (Å²) in [6.07, 6.45) is 7.33. The number of nitrogens with zero attached hydrogens (tertiary/aromatic N) is 1. The van der Waals surface area contributed by atoms with Crippen LogP contribution in [0.5, 0.6) is 0 Å². The van der Waals surface area contributed by atoms with Crippen LogP contribution in [0.25, 0.3) is 5.57 Å². The zero-order chi connectivity index (χ0) is 17.6. The van der Waals surface area contributed by atoms with Crippen LogP contribution >= 0.6 is 0 Å². The first-order valence-electron chi connectivity index (χ1n) is 9.05. The van der Waals surface area contributed by atoms with Crippen molar-refractivity contribution in [2.45, 2.75) is 26.2 Å². The van der Waals surface area contributed by atoms with E-state index in [1.165, 1.54) is 11.1 Å². The molecule has 0 bridgehead atoms. The van der Waals surface area contributed by atoms with E-state index in [4.69, 9.17) is 5.41 Å². The molecule has 2 aromatic rings. The molecule has 0 unspecified atom stereocenters. The second-order valence-electron chi connectivity index (χ2n) is 6.56. The molecule has 2 nitrogen and oxygen atoms in total. The molecule has 0 aliphatic heterocycles. The number of benzene rings is 2. The second kappa shape index (κ2) is 7.98.